The normalized spacial score (nSPS) is 22.6. The summed E-state index contributed by atoms with van der Waals surface area (Å²) in [5.74, 6) is 1.59. The maximum Gasteiger partial charge on any atom is 0.230 e. The summed E-state index contributed by atoms with van der Waals surface area (Å²) in [5.41, 5.74) is 0. The van der Waals surface area contributed by atoms with Crippen LogP contribution in [0.25, 0.3) is 0 Å². The Bertz CT molecular complexity index is 382. The molecule has 2 heterocycles. The topological polar surface area (TPSA) is 63.4 Å². The van der Waals surface area contributed by atoms with Crippen LogP contribution in [0.15, 0.2) is 4.52 Å². The van der Waals surface area contributed by atoms with Gasteiger partial charge in [-0.05, 0) is 13.1 Å². The number of hydrogen-bond acceptors (Lipinski definition) is 6. The third-order valence-electron chi connectivity index (χ3n) is 3.47. The standard InChI is InChI=1S/C13H24N4O2/c1-4-14-8-10(3)13-15-12(16-19-13)11-9-17(5-2)6-7-18-11/h10-11,14H,4-9H2,1-3H3. The van der Waals surface area contributed by atoms with E-state index in [1.807, 2.05) is 0 Å². The molecule has 0 bridgehead atoms. The summed E-state index contributed by atoms with van der Waals surface area (Å²) in [4.78, 5) is 6.83. The number of ether oxygens (including phenoxy) is 1. The number of nitrogens with one attached hydrogen (secondary N) is 1. The van der Waals surface area contributed by atoms with E-state index in [0.717, 1.165) is 39.3 Å². The maximum absolute atomic E-state index is 5.73. The molecule has 2 atom stereocenters. The lowest BCUT2D eigenvalue weighted by Gasteiger charge is -2.30. The van der Waals surface area contributed by atoms with E-state index in [2.05, 4.69) is 41.1 Å². The van der Waals surface area contributed by atoms with Crippen LogP contribution in [0.4, 0.5) is 0 Å². The molecule has 108 valence electrons. The molecule has 1 aliphatic rings. The largest absolute Gasteiger partial charge is 0.367 e. The van der Waals surface area contributed by atoms with Gasteiger partial charge in [-0.1, -0.05) is 25.9 Å². The van der Waals surface area contributed by atoms with Crippen molar-refractivity contribution in [2.45, 2.75) is 32.8 Å². The van der Waals surface area contributed by atoms with Gasteiger partial charge in [0.15, 0.2) is 0 Å². The van der Waals surface area contributed by atoms with E-state index in [0.29, 0.717) is 11.7 Å². The van der Waals surface area contributed by atoms with Crippen molar-refractivity contribution in [3.63, 3.8) is 0 Å². The minimum Gasteiger partial charge on any atom is -0.367 e. The first kappa shape index (κ1) is 14.4. The van der Waals surface area contributed by atoms with Crippen molar-refractivity contribution < 1.29 is 9.26 Å². The summed E-state index contributed by atoms with van der Waals surface area (Å²) >= 11 is 0. The van der Waals surface area contributed by atoms with Crippen molar-refractivity contribution in [1.29, 1.82) is 0 Å². The highest BCUT2D eigenvalue weighted by Crippen LogP contribution is 2.21. The molecule has 1 saturated heterocycles. The highest BCUT2D eigenvalue weighted by molar-refractivity contribution is 4.98. The predicted molar refractivity (Wildman–Crippen MR) is 72.1 cm³/mol. The van der Waals surface area contributed by atoms with Crippen molar-refractivity contribution in [3.8, 4) is 0 Å². The summed E-state index contributed by atoms with van der Waals surface area (Å²) in [7, 11) is 0. The number of nitrogens with zero attached hydrogens (tertiary/aromatic N) is 3. The van der Waals surface area contributed by atoms with Crippen LogP contribution in [0.2, 0.25) is 0 Å². The van der Waals surface area contributed by atoms with Crippen molar-refractivity contribution in [2.24, 2.45) is 0 Å². The number of likely N-dealkylation sites (N-methyl/N-ethyl adjacent to an activating group) is 2. The summed E-state index contributed by atoms with van der Waals surface area (Å²) < 4.78 is 11.1. The van der Waals surface area contributed by atoms with Gasteiger partial charge in [0.05, 0.1) is 6.61 Å². The van der Waals surface area contributed by atoms with Crippen LogP contribution in [-0.2, 0) is 4.74 Å². The van der Waals surface area contributed by atoms with Crippen molar-refractivity contribution in [3.05, 3.63) is 11.7 Å². The highest BCUT2D eigenvalue weighted by atomic mass is 16.5. The van der Waals surface area contributed by atoms with E-state index < -0.39 is 0 Å². The van der Waals surface area contributed by atoms with Gasteiger partial charge in [0.1, 0.15) is 6.10 Å². The first-order chi connectivity index (χ1) is 9.24. The van der Waals surface area contributed by atoms with E-state index in [-0.39, 0.29) is 12.0 Å². The van der Waals surface area contributed by atoms with E-state index >= 15 is 0 Å². The zero-order chi connectivity index (χ0) is 13.7. The lowest BCUT2D eigenvalue weighted by atomic mass is 10.2. The molecule has 1 fully saturated rings. The van der Waals surface area contributed by atoms with Crippen LogP contribution in [0.3, 0.4) is 0 Å². The SMILES string of the molecule is CCNCC(C)c1nc(C2CN(CC)CCO2)no1. The monoisotopic (exact) mass is 268 g/mol. The van der Waals surface area contributed by atoms with Crippen LogP contribution in [0.1, 0.15) is 44.5 Å². The van der Waals surface area contributed by atoms with Gasteiger partial charge in [0, 0.05) is 25.6 Å². The summed E-state index contributed by atoms with van der Waals surface area (Å²) in [6, 6.07) is 0. The Labute approximate surface area is 114 Å². The summed E-state index contributed by atoms with van der Waals surface area (Å²) in [6.45, 7) is 11.7. The molecule has 2 rings (SSSR count). The van der Waals surface area contributed by atoms with Gasteiger partial charge in [-0.2, -0.15) is 4.98 Å². The van der Waals surface area contributed by atoms with Gasteiger partial charge >= 0.3 is 0 Å². The minimum absolute atomic E-state index is 0.0578. The molecule has 0 aromatic carbocycles. The van der Waals surface area contributed by atoms with Gasteiger partial charge in [-0.15, -0.1) is 0 Å². The molecule has 0 aliphatic carbocycles. The van der Waals surface area contributed by atoms with E-state index in [1.165, 1.54) is 0 Å². The average Bonchev–Trinajstić information content (AvgIpc) is 2.94. The smallest absolute Gasteiger partial charge is 0.230 e. The Morgan fingerprint density at radius 3 is 3.05 bits per heavy atom. The third-order valence-corrected chi connectivity index (χ3v) is 3.47. The Morgan fingerprint density at radius 2 is 2.32 bits per heavy atom. The molecule has 6 heteroatoms. The van der Waals surface area contributed by atoms with E-state index in [9.17, 15) is 0 Å². The lowest BCUT2D eigenvalue weighted by molar-refractivity contribution is -0.0334. The fraction of sp³-hybridized carbons (Fsp3) is 0.846. The Kier molecular flexibility index (Phi) is 5.30. The molecule has 19 heavy (non-hydrogen) atoms. The lowest BCUT2D eigenvalue weighted by Crippen LogP contribution is -2.38. The Morgan fingerprint density at radius 1 is 1.47 bits per heavy atom. The quantitative estimate of drug-likeness (QED) is 0.836. The molecular weight excluding hydrogens is 244 g/mol. The van der Waals surface area contributed by atoms with Crippen LogP contribution < -0.4 is 5.32 Å². The van der Waals surface area contributed by atoms with Gasteiger partial charge in [0.2, 0.25) is 11.7 Å². The van der Waals surface area contributed by atoms with Crippen molar-refractivity contribution in [1.82, 2.24) is 20.4 Å². The molecular formula is C13H24N4O2. The molecule has 0 saturated carbocycles. The molecule has 1 aromatic heterocycles. The predicted octanol–water partition coefficient (Wildman–Crippen LogP) is 1.18. The minimum atomic E-state index is -0.0578. The first-order valence-corrected chi connectivity index (χ1v) is 7.12. The zero-order valence-corrected chi connectivity index (χ0v) is 12.1. The van der Waals surface area contributed by atoms with Gasteiger partial charge in [-0.25, -0.2) is 0 Å². The molecule has 0 amide bonds. The van der Waals surface area contributed by atoms with Crippen LogP contribution in [0.5, 0.6) is 0 Å². The van der Waals surface area contributed by atoms with Gasteiger partial charge in [-0.3, -0.25) is 4.90 Å². The number of hydrogen-bond donors (Lipinski definition) is 1. The fourth-order valence-electron chi connectivity index (χ4n) is 2.17. The van der Waals surface area contributed by atoms with Crippen LogP contribution >= 0.6 is 0 Å². The second-order valence-electron chi connectivity index (χ2n) is 4.95. The molecule has 6 nitrogen and oxygen atoms in total. The van der Waals surface area contributed by atoms with Gasteiger partial charge in [0.25, 0.3) is 0 Å². The molecule has 1 aromatic rings. The number of morpholine rings is 1. The van der Waals surface area contributed by atoms with Crippen LogP contribution in [0, 0.1) is 0 Å². The summed E-state index contributed by atoms with van der Waals surface area (Å²) in [5, 5.41) is 7.36. The van der Waals surface area contributed by atoms with E-state index in [1.54, 1.807) is 0 Å². The third kappa shape index (κ3) is 3.75. The number of rotatable bonds is 6. The first-order valence-electron chi connectivity index (χ1n) is 7.12. The number of aromatic nitrogens is 2. The Hall–Kier alpha value is -0.980. The van der Waals surface area contributed by atoms with Crippen molar-refractivity contribution in [2.75, 3.05) is 39.3 Å². The van der Waals surface area contributed by atoms with E-state index in [4.69, 9.17) is 9.26 Å². The molecule has 0 radical (unpaired) electrons. The zero-order valence-electron chi connectivity index (χ0n) is 12.1. The molecule has 0 spiro atoms. The fourth-order valence-corrected chi connectivity index (χ4v) is 2.17. The molecule has 2 unspecified atom stereocenters. The maximum atomic E-state index is 5.73. The second-order valence-corrected chi connectivity index (χ2v) is 4.95. The molecule has 1 aliphatic heterocycles. The average molecular weight is 268 g/mol. The van der Waals surface area contributed by atoms with Crippen molar-refractivity contribution >= 4 is 0 Å². The highest BCUT2D eigenvalue weighted by Gasteiger charge is 2.26. The van der Waals surface area contributed by atoms with Crippen LogP contribution in [-0.4, -0.2) is 54.4 Å². The Balaban J connectivity index is 1.96. The second kappa shape index (κ2) is 6.98. The molecule has 1 N–H and O–H groups in total. The van der Waals surface area contributed by atoms with Gasteiger partial charge < -0.3 is 14.6 Å². The summed E-state index contributed by atoms with van der Waals surface area (Å²) in [6.07, 6.45) is -0.0578.